The van der Waals surface area contributed by atoms with Crippen LogP contribution in [0, 0.1) is 11.3 Å². The Kier molecular flexibility index (Phi) is 10.1. The molecule has 0 aromatic rings. The van der Waals surface area contributed by atoms with Crippen LogP contribution < -0.4 is 5.73 Å². The molecule has 82 valence electrons. The largest absolute Gasteiger partial charge is 0.328 e. The molecule has 0 spiro atoms. The molecule has 14 heavy (non-hydrogen) atoms. The molecule has 0 heterocycles. The Morgan fingerprint density at radius 3 is 2.36 bits per heavy atom. The summed E-state index contributed by atoms with van der Waals surface area (Å²) < 4.78 is 0. The maximum atomic E-state index is 8.36. The molecule has 0 aromatic carbocycles. The number of nitrogens with zero attached hydrogens (tertiary/aromatic N) is 1. The summed E-state index contributed by atoms with van der Waals surface area (Å²) in [7, 11) is 0. The SMILES string of the molecule is CCCCCCCC(N)CCCC#N. The minimum atomic E-state index is 0.324. The molecule has 0 aliphatic rings. The molecule has 0 amide bonds. The Bertz CT molecular complexity index is 149. The Morgan fingerprint density at radius 1 is 1.07 bits per heavy atom. The minimum Gasteiger partial charge on any atom is -0.328 e. The molecule has 0 fully saturated rings. The molecule has 0 aliphatic heterocycles. The highest BCUT2D eigenvalue weighted by Crippen LogP contribution is 2.09. The summed E-state index contributed by atoms with van der Waals surface area (Å²) in [5.74, 6) is 0. The summed E-state index contributed by atoms with van der Waals surface area (Å²) in [5, 5.41) is 8.36. The first-order valence-corrected chi connectivity index (χ1v) is 5.93. The summed E-state index contributed by atoms with van der Waals surface area (Å²) in [4.78, 5) is 0. The van der Waals surface area contributed by atoms with Crippen LogP contribution in [0.1, 0.15) is 64.7 Å². The van der Waals surface area contributed by atoms with Crippen LogP contribution in [0.15, 0.2) is 0 Å². The predicted octanol–water partition coefficient (Wildman–Crippen LogP) is 3.37. The van der Waals surface area contributed by atoms with Gasteiger partial charge in [-0.25, -0.2) is 0 Å². The Morgan fingerprint density at radius 2 is 1.71 bits per heavy atom. The quantitative estimate of drug-likeness (QED) is 0.575. The third kappa shape index (κ3) is 9.54. The third-order valence-corrected chi connectivity index (χ3v) is 2.54. The number of hydrogen-bond donors (Lipinski definition) is 1. The van der Waals surface area contributed by atoms with Crippen molar-refractivity contribution in [2.24, 2.45) is 5.73 Å². The van der Waals surface area contributed by atoms with E-state index in [9.17, 15) is 0 Å². The van der Waals surface area contributed by atoms with Crippen LogP contribution in [0.3, 0.4) is 0 Å². The number of nitrogens with two attached hydrogens (primary N) is 1. The van der Waals surface area contributed by atoms with Crippen LogP contribution >= 0.6 is 0 Å². The molecule has 0 bridgehead atoms. The van der Waals surface area contributed by atoms with E-state index < -0.39 is 0 Å². The van der Waals surface area contributed by atoms with Gasteiger partial charge in [-0.05, 0) is 19.3 Å². The van der Waals surface area contributed by atoms with Crippen LogP contribution in [0.4, 0.5) is 0 Å². The fraction of sp³-hybridized carbons (Fsp3) is 0.917. The zero-order valence-electron chi connectivity index (χ0n) is 9.47. The smallest absolute Gasteiger partial charge is 0.0621 e. The molecule has 2 N–H and O–H groups in total. The van der Waals surface area contributed by atoms with Crippen molar-refractivity contribution in [1.82, 2.24) is 0 Å². The first-order valence-electron chi connectivity index (χ1n) is 5.93. The van der Waals surface area contributed by atoms with Gasteiger partial charge in [0.15, 0.2) is 0 Å². The Balaban J connectivity index is 3.10. The summed E-state index contributed by atoms with van der Waals surface area (Å²) in [6.07, 6.45) is 10.3. The lowest BCUT2D eigenvalue weighted by molar-refractivity contribution is 0.506. The number of nitriles is 1. The van der Waals surface area contributed by atoms with Crippen molar-refractivity contribution in [1.29, 1.82) is 5.26 Å². The van der Waals surface area contributed by atoms with Crippen LogP contribution in [-0.2, 0) is 0 Å². The average molecular weight is 196 g/mol. The summed E-state index contributed by atoms with van der Waals surface area (Å²) >= 11 is 0. The normalized spacial score (nSPS) is 12.4. The second-order valence-corrected chi connectivity index (χ2v) is 4.01. The van der Waals surface area contributed by atoms with Crippen molar-refractivity contribution in [3.63, 3.8) is 0 Å². The molecule has 1 atom stereocenters. The van der Waals surface area contributed by atoms with Crippen molar-refractivity contribution in [2.75, 3.05) is 0 Å². The van der Waals surface area contributed by atoms with Crippen molar-refractivity contribution in [3.8, 4) is 6.07 Å². The van der Waals surface area contributed by atoms with Crippen LogP contribution in [0.5, 0.6) is 0 Å². The zero-order valence-corrected chi connectivity index (χ0v) is 9.47. The van der Waals surface area contributed by atoms with Gasteiger partial charge in [-0.3, -0.25) is 0 Å². The number of unbranched alkanes of at least 4 members (excludes halogenated alkanes) is 5. The van der Waals surface area contributed by atoms with Crippen LogP contribution in [0.25, 0.3) is 0 Å². The van der Waals surface area contributed by atoms with E-state index in [1.807, 2.05) is 0 Å². The van der Waals surface area contributed by atoms with Gasteiger partial charge in [-0.15, -0.1) is 0 Å². The molecule has 0 saturated carbocycles. The van der Waals surface area contributed by atoms with E-state index in [0.29, 0.717) is 12.5 Å². The van der Waals surface area contributed by atoms with Gasteiger partial charge in [0.2, 0.25) is 0 Å². The topological polar surface area (TPSA) is 49.8 Å². The van der Waals surface area contributed by atoms with Gasteiger partial charge in [-0.2, -0.15) is 5.26 Å². The minimum absolute atomic E-state index is 0.324. The standard InChI is InChI=1S/C12H24N2/c1-2-3-4-5-6-9-12(14)10-7-8-11-13/h12H,2-10,14H2,1H3. The van der Waals surface area contributed by atoms with Gasteiger partial charge in [0, 0.05) is 12.5 Å². The van der Waals surface area contributed by atoms with Gasteiger partial charge < -0.3 is 5.73 Å². The van der Waals surface area contributed by atoms with Gasteiger partial charge in [0.1, 0.15) is 0 Å². The molecule has 0 saturated heterocycles. The maximum absolute atomic E-state index is 8.36. The average Bonchev–Trinajstić information content (AvgIpc) is 2.18. The highest BCUT2D eigenvalue weighted by molar-refractivity contribution is 4.71. The molecule has 0 rings (SSSR count). The van der Waals surface area contributed by atoms with E-state index in [4.69, 9.17) is 11.0 Å². The first kappa shape index (κ1) is 13.4. The van der Waals surface area contributed by atoms with E-state index in [1.165, 1.54) is 32.1 Å². The van der Waals surface area contributed by atoms with Gasteiger partial charge in [0.05, 0.1) is 6.07 Å². The molecule has 0 aromatic heterocycles. The summed E-state index contributed by atoms with van der Waals surface area (Å²) in [6.45, 7) is 2.23. The maximum Gasteiger partial charge on any atom is 0.0621 e. The van der Waals surface area contributed by atoms with Crippen molar-refractivity contribution in [2.45, 2.75) is 70.8 Å². The fourth-order valence-corrected chi connectivity index (χ4v) is 1.60. The molecule has 2 heteroatoms. The fourth-order valence-electron chi connectivity index (χ4n) is 1.60. The third-order valence-electron chi connectivity index (χ3n) is 2.54. The number of rotatable bonds is 9. The summed E-state index contributed by atoms with van der Waals surface area (Å²) in [6, 6.07) is 2.48. The van der Waals surface area contributed by atoms with Crippen molar-refractivity contribution >= 4 is 0 Å². The van der Waals surface area contributed by atoms with E-state index in [0.717, 1.165) is 19.3 Å². The molecule has 0 radical (unpaired) electrons. The highest BCUT2D eigenvalue weighted by atomic mass is 14.6. The molecule has 2 nitrogen and oxygen atoms in total. The van der Waals surface area contributed by atoms with E-state index >= 15 is 0 Å². The second kappa shape index (κ2) is 10.5. The van der Waals surface area contributed by atoms with Crippen LogP contribution in [-0.4, -0.2) is 6.04 Å². The lowest BCUT2D eigenvalue weighted by Crippen LogP contribution is -2.19. The van der Waals surface area contributed by atoms with Crippen molar-refractivity contribution < 1.29 is 0 Å². The monoisotopic (exact) mass is 196 g/mol. The number of hydrogen-bond acceptors (Lipinski definition) is 2. The first-order chi connectivity index (χ1) is 6.81. The van der Waals surface area contributed by atoms with E-state index in [2.05, 4.69) is 13.0 Å². The lowest BCUT2D eigenvalue weighted by Gasteiger charge is -2.09. The van der Waals surface area contributed by atoms with Crippen molar-refractivity contribution in [3.05, 3.63) is 0 Å². The second-order valence-electron chi connectivity index (χ2n) is 4.01. The molecule has 1 unspecified atom stereocenters. The van der Waals surface area contributed by atoms with E-state index in [1.54, 1.807) is 0 Å². The molecular weight excluding hydrogens is 172 g/mol. The highest BCUT2D eigenvalue weighted by Gasteiger charge is 2.01. The Labute approximate surface area is 88.5 Å². The van der Waals surface area contributed by atoms with Gasteiger partial charge >= 0.3 is 0 Å². The van der Waals surface area contributed by atoms with Gasteiger partial charge in [-0.1, -0.05) is 39.0 Å². The van der Waals surface area contributed by atoms with Crippen LogP contribution in [0.2, 0.25) is 0 Å². The Hall–Kier alpha value is -0.550. The summed E-state index contributed by atoms with van der Waals surface area (Å²) in [5.41, 5.74) is 5.92. The molecular formula is C12H24N2. The molecule has 0 aliphatic carbocycles. The zero-order chi connectivity index (χ0) is 10.6. The van der Waals surface area contributed by atoms with E-state index in [-0.39, 0.29) is 0 Å². The predicted molar refractivity (Wildman–Crippen MR) is 60.8 cm³/mol. The lowest BCUT2D eigenvalue weighted by atomic mass is 10.0. The van der Waals surface area contributed by atoms with Gasteiger partial charge in [0.25, 0.3) is 0 Å².